The van der Waals surface area contributed by atoms with E-state index in [-0.39, 0.29) is 6.61 Å². The standard InChI is InChI=1S/C11H10F2N2OS/c12-6-3-7-8(9(13)4-6)5-16-10(7)15-11-14-1-2-17-11/h3-4,10H,1-2,5H2,(H,14,15). The first-order valence-corrected chi connectivity index (χ1v) is 6.26. The van der Waals surface area contributed by atoms with Crippen LogP contribution in [0.25, 0.3) is 0 Å². The predicted molar refractivity (Wildman–Crippen MR) is 61.8 cm³/mol. The van der Waals surface area contributed by atoms with Gasteiger partial charge in [-0.15, -0.1) is 0 Å². The summed E-state index contributed by atoms with van der Waals surface area (Å²) in [6, 6.07) is 2.19. The average Bonchev–Trinajstić information content (AvgIpc) is 2.89. The van der Waals surface area contributed by atoms with E-state index in [1.807, 2.05) is 0 Å². The van der Waals surface area contributed by atoms with Gasteiger partial charge in [0.05, 0.1) is 13.2 Å². The van der Waals surface area contributed by atoms with E-state index in [1.165, 1.54) is 6.07 Å². The lowest BCUT2D eigenvalue weighted by Gasteiger charge is -2.13. The molecule has 0 radical (unpaired) electrons. The second-order valence-corrected chi connectivity index (χ2v) is 4.91. The zero-order chi connectivity index (χ0) is 11.8. The van der Waals surface area contributed by atoms with Crippen molar-refractivity contribution in [2.24, 2.45) is 4.99 Å². The molecular weight excluding hydrogens is 246 g/mol. The van der Waals surface area contributed by atoms with Crippen LogP contribution in [0.5, 0.6) is 0 Å². The molecule has 0 bridgehead atoms. The minimum atomic E-state index is -0.584. The van der Waals surface area contributed by atoms with E-state index in [9.17, 15) is 8.78 Å². The van der Waals surface area contributed by atoms with Crippen molar-refractivity contribution in [1.29, 1.82) is 0 Å². The number of rotatable bonds is 1. The molecule has 2 aliphatic heterocycles. The van der Waals surface area contributed by atoms with Crippen molar-refractivity contribution >= 4 is 16.9 Å². The van der Waals surface area contributed by atoms with Gasteiger partial charge in [0.1, 0.15) is 11.6 Å². The third-order valence-electron chi connectivity index (χ3n) is 2.71. The minimum Gasteiger partial charge on any atom is -0.349 e. The maximum Gasteiger partial charge on any atom is 0.158 e. The summed E-state index contributed by atoms with van der Waals surface area (Å²) in [7, 11) is 0. The molecule has 3 nitrogen and oxygen atoms in total. The lowest BCUT2D eigenvalue weighted by molar-refractivity contribution is 0.0558. The SMILES string of the molecule is Fc1cc(F)c2c(c1)C(NC1=NCCS1)OC2. The Morgan fingerprint density at radius 3 is 3.06 bits per heavy atom. The number of hydrogen-bond acceptors (Lipinski definition) is 4. The van der Waals surface area contributed by atoms with Gasteiger partial charge in [-0.25, -0.2) is 8.78 Å². The molecule has 0 saturated carbocycles. The van der Waals surface area contributed by atoms with Crippen LogP contribution in [0.2, 0.25) is 0 Å². The van der Waals surface area contributed by atoms with Gasteiger partial charge in [-0.1, -0.05) is 11.8 Å². The molecule has 0 amide bonds. The molecule has 0 fully saturated rings. The number of hydrogen-bond donors (Lipinski definition) is 1. The monoisotopic (exact) mass is 256 g/mol. The fraction of sp³-hybridized carbons (Fsp3) is 0.364. The van der Waals surface area contributed by atoms with Gasteiger partial charge in [-0.2, -0.15) is 0 Å². The Bertz CT molecular complexity index is 493. The van der Waals surface area contributed by atoms with Crippen molar-refractivity contribution in [3.63, 3.8) is 0 Å². The topological polar surface area (TPSA) is 33.6 Å². The molecule has 2 heterocycles. The summed E-state index contributed by atoms with van der Waals surface area (Å²) in [6.07, 6.45) is -0.500. The Morgan fingerprint density at radius 2 is 2.29 bits per heavy atom. The molecule has 0 saturated heterocycles. The van der Waals surface area contributed by atoms with Crippen LogP contribution in [-0.4, -0.2) is 17.5 Å². The Morgan fingerprint density at radius 1 is 1.41 bits per heavy atom. The minimum absolute atomic E-state index is 0.164. The van der Waals surface area contributed by atoms with E-state index < -0.39 is 17.9 Å². The average molecular weight is 256 g/mol. The summed E-state index contributed by atoms with van der Waals surface area (Å²) < 4.78 is 32.0. The molecule has 90 valence electrons. The highest BCUT2D eigenvalue weighted by Gasteiger charge is 2.28. The first kappa shape index (κ1) is 11.0. The molecule has 2 aliphatic rings. The van der Waals surface area contributed by atoms with Crippen molar-refractivity contribution in [3.05, 3.63) is 34.9 Å². The van der Waals surface area contributed by atoms with Gasteiger partial charge in [0.15, 0.2) is 11.4 Å². The van der Waals surface area contributed by atoms with Gasteiger partial charge in [-0.3, -0.25) is 4.99 Å². The predicted octanol–water partition coefficient (Wildman–Crippen LogP) is 2.19. The van der Waals surface area contributed by atoms with Crippen molar-refractivity contribution in [1.82, 2.24) is 5.32 Å². The Labute approximate surface area is 101 Å². The van der Waals surface area contributed by atoms with Crippen molar-refractivity contribution in [2.45, 2.75) is 12.8 Å². The number of nitrogens with one attached hydrogen (secondary N) is 1. The number of aliphatic imine (C=N–C) groups is 1. The Hall–Kier alpha value is -1.14. The Balaban J connectivity index is 1.87. The first-order valence-electron chi connectivity index (χ1n) is 5.27. The lowest BCUT2D eigenvalue weighted by atomic mass is 10.1. The third kappa shape index (κ3) is 2.02. The number of halogens is 2. The molecule has 17 heavy (non-hydrogen) atoms. The van der Waals surface area contributed by atoms with Gasteiger partial charge in [0.25, 0.3) is 0 Å². The van der Waals surface area contributed by atoms with Gasteiger partial charge in [0.2, 0.25) is 0 Å². The number of amidine groups is 1. The molecule has 3 rings (SSSR count). The number of ether oxygens (including phenoxy) is 1. The Kier molecular flexibility index (Phi) is 2.76. The van der Waals surface area contributed by atoms with Gasteiger partial charge >= 0.3 is 0 Å². The number of fused-ring (bicyclic) bond motifs is 1. The summed E-state index contributed by atoms with van der Waals surface area (Å²) in [5, 5.41) is 3.82. The van der Waals surface area contributed by atoms with Crippen LogP contribution in [0.3, 0.4) is 0 Å². The molecule has 1 aromatic carbocycles. The van der Waals surface area contributed by atoms with Crippen LogP contribution in [0.15, 0.2) is 17.1 Å². The maximum atomic E-state index is 13.5. The highest BCUT2D eigenvalue weighted by atomic mass is 32.2. The zero-order valence-electron chi connectivity index (χ0n) is 8.87. The van der Waals surface area contributed by atoms with E-state index in [0.29, 0.717) is 11.1 Å². The zero-order valence-corrected chi connectivity index (χ0v) is 9.69. The fourth-order valence-corrected chi connectivity index (χ4v) is 2.67. The summed E-state index contributed by atoms with van der Waals surface area (Å²) in [4.78, 5) is 4.22. The van der Waals surface area contributed by atoms with Crippen LogP contribution >= 0.6 is 11.8 Å². The molecule has 1 aromatic rings. The highest BCUT2D eigenvalue weighted by molar-refractivity contribution is 8.14. The molecule has 1 N–H and O–H groups in total. The van der Waals surface area contributed by atoms with Crippen LogP contribution < -0.4 is 5.32 Å². The largest absolute Gasteiger partial charge is 0.349 e. The third-order valence-corrected chi connectivity index (χ3v) is 3.62. The van der Waals surface area contributed by atoms with Crippen LogP contribution in [0.1, 0.15) is 17.4 Å². The molecule has 1 atom stereocenters. The summed E-state index contributed by atoms with van der Waals surface area (Å²) in [5.41, 5.74) is 0.949. The lowest BCUT2D eigenvalue weighted by Crippen LogP contribution is -2.24. The van der Waals surface area contributed by atoms with Gasteiger partial charge in [-0.05, 0) is 6.07 Å². The fourth-order valence-electron chi connectivity index (χ4n) is 1.92. The van der Waals surface area contributed by atoms with Crippen molar-refractivity contribution in [2.75, 3.05) is 12.3 Å². The van der Waals surface area contributed by atoms with E-state index in [4.69, 9.17) is 4.74 Å². The van der Waals surface area contributed by atoms with E-state index in [2.05, 4.69) is 10.3 Å². The number of thioether (sulfide) groups is 1. The highest BCUT2D eigenvalue weighted by Crippen LogP contribution is 2.32. The van der Waals surface area contributed by atoms with Crippen molar-refractivity contribution in [3.8, 4) is 0 Å². The molecular formula is C11H10F2N2OS. The molecule has 0 spiro atoms. The molecule has 1 unspecified atom stereocenters. The summed E-state index contributed by atoms with van der Waals surface area (Å²) in [5.74, 6) is -0.204. The number of benzene rings is 1. The molecule has 0 aromatic heterocycles. The molecule has 0 aliphatic carbocycles. The second-order valence-electron chi connectivity index (χ2n) is 3.83. The first-order chi connectivity index (χ1) is 8.24. The maximum absolute atomic E-state index is 13.5. The van der Waals surface area contributed by atoms with Crippen molar-refractivity contribution < 1.29 is 13.5 Å². The molecule has 6 heteroatoms. The summed E-state index contributed by atoms with van der Waals surface area (Å²) >= 11 is 1.58. The van der Waals surface area contributed by atoms with Gasteiger partial charge < -0.3 is 10.1 Å². The quantitative estimate of drug-likeness (QED) is 0.836. The normalized spacial score (nSPS) is 22.5. The van der Waals surface area contributed by atoms with E-state index in [0.717, 1.165) is 23.5 Å². The van der Waals surface area contributed by atoms with E-state index in [1.54, 1.807) is 11.8 Å². The number of nitrogens with zero attached hydrogens (tertiary/aromatic N) is 1. The van der Waals surface area contributed by atoms with E-state index >= 15 is 0 Å². The van der Waals surface area contributed by atoms with Gasteiger partial charge in [0, 0.05) is 22.9 Å². The smallest absolute Gasteiger partial charge is 0.158 e. The van der Waals surface area contributed by atoms with Crippen LogP contribution in [0, 0.1) is 11.6 Å². The second kappa shape index (κ2) is 4.27. The van der Waals surface area contributed by atoms with Crippen LogP contribution in [-0.2, 0) is 11.3 Å². The van der Waals surface area contributed by atoms with Crippen LogP contribution in [0.4, 0.5) is 8.78 Å². The summed E-state index contributed by atoms with van der Waals surface area (Å²) in [6.45, 7) is 0.932.